The van der Waals surface area contributed by atoms with Gasteiger partial charge in [-0.15, -0.1) is 0 Å². The van der Waals surface area contributed by atoms with Crippen LogP contribution in [0.25, 0.3) is 0 Å². The van der Waals surface area contributed by atoms with Crippen molar-refractivity contribution in [3.63, 3.8) is 0 Å². The standard InChI is InChI=1S/C36H38N4O4S/c1-2-44-30-16-14-29(15-17-30)40-33(41)21-32(36(40)43)39(28-11-7-4-8-12-28)34(42)23-45-35-27(22-37)20-26-19-25(13-18-31(26)38-35)24-9-5-3-6-10-24/h3,5-6,9-10,14-17,20,25,28,32H,2,4,7-8,11-13,18-19,21,23H2,1H3. The minimum absolute atomic E-state index is 0.0396. The number of aryl methyl sites for hydroxylation is 1. The predicted octanol–water partition coefficient (Wildman–Crippen LogP) is 6.21. The van der Waals surface area contributed by atoms with E-state index in [-0.39, 0.29) is 35.9 Å². The summed E-state index contributed by atoms with van der Waals surface area (Å²) < 4.78 is 5.51. The molecule has 2 heterocycles. The van der Waals surface area contributed by atoms with Gasteiger partial charge in [0.05, 0.1) is 30.0 Å². The summed E-state index contributed by atoms with van der Waals surface area (Å²) in [6.07, 6.45) is 7.26. The highest BCUT2D eigenvalue weighted by atomic mass is 32.2. The van der Waals surface area contributed by atoms with Crippen molar-refractivity contribution in [1.29, 1.82) is 5.26 Å². The average Bonchev–Trinajstić information content (AvgIpc) is 3.37. The van der Waals surface area contributed by atoms with Crippen LogP contribution in [-0.2, 0) is 27.2 Å². The number of rotatable bonds is 9. The quantitative estimate of drug-likeness (QED) is 0.206. The first-order chi connectivity index (χ1) is 22.0. The number of thioether (sulfide) groups is 1. The van der Waals surface area contributed by atoms with Crippen LogP contribution in [0.2, 0.25) is 0 Å². The van der Waals surface area contributed by atoms with E-state index >= 15 is 0 Å². The lowest BCUT2D eigenvalue weighted by atomic mass is 9.82. The molecule has 45 heavy (non-hydrogen) atoms. The van der Waals surface area contributed by atoms with Gasteiger partial charge in [-0.3, -0.25) is 14.4 Å². The molecular weight excluding hydrogens is 584 g/mol. The van der Waals surface area contributed by atoms with Crippen molar-refractivity contribution in [3.05, 3.63) is 83.0 Å². The number of nitriles is 1. The van der Waals surface area contributed by atoms with E-state index in [4.69, 9.17) is 9.72 Å². The third-order valence-corrected chi connectivity index (χ3v) is 10.2. The monoisotopic (exact) mass is 622 g/mol. The molecule has 1 aliphatic heterocycles. The molecule has 0 bridgehead atoms. The third kappa shape index (κ3) is 6.62. The van der Waals surface area contributed by atoms with Gasteiger partial charge in [0.1, 0.15) is 22.9 Å². The molecule has 2 atom stereocenters. The fourth-order valence-corrected chi connectivity index (χ4v) is 7.85. The minimum Gasteiger partial charge on any atom is -0.494 e. The molecule has 232 valence electrons. The molecule has 2 unspecified atom stereocenters. The molecule has 0 radical (unpaired) electrons. The Morgan fingerprint density at radius 2 is 1.80 bits per heavy atom. The zero-order chi connectivity index (χ0) is 31.3. The highest BCUT2D eigenvalue weighted by molar-refractivity contribution is 8.00. The van der Waals surface area contributed by atoms with Gasteiger partial charge in [0.15, 0.2) is 0 Å². The molecule has 2 aromatic carbocycles. The molecule has 1 aromatic heterocycles. The predicted molar refractivity (Wildman–Crippen MR) is 173 cm³/mol. The van der Waals surface area contributed by atoms with Crippen LogP contribution in [0.3, 0.4) is 0 Å². The van der Waals surface area contributed by atoms with E-state index < -0.39 is 6.04 Å². The Labute approximate surface area is 268 Å². The first-order valence-electron chi connectivity index (χ1n) is 16.0. The maximum atomic E-state index is 14.0. The summed E-state index contributed by atoms with van der Waals surface area (Å²) in [6, 6.07) is 20.6. The highest BCUT2D eigenvalue weighted by Gasteiger charge is 2.46. The summed E-state index contributed by atoms with van der Waals surface area (Å²) in [6.45, 7) is 2.41. The minimum atomic E-state index is -0.845. The normalized spacial score (nSPS) is 20.0. The molecule has 0 N–H and O–H groups in total. The highest BCUT2D eigenvalue weighted by Crippen LogP contribution is 2.36. The maximum absolute atomic E-state index is 14.0. The van der Waals surface area contributed by atoms with E-state index in [0.29, 0.717) is 34.6 Å². The van der Waals surface area contributed by atoms with Gasteiger partial charge >= 0.3 is 0 Å². The van der Waals surface area contributed by atoms with Gasteiger partial charge in [0, 0.05) is 11.7 Å². The van der Waals surface area contributed by atoms with Gasteiger partial charge in [-0.1, -0.05) is 61.4 Å². The number of benzene rings is 2. The second-order valence-corrected chi connectivity index (χ2v) is 13.0. The first kappa shape index (κ1) is 30.8. The van der Waals surface area contributed by atoms with Gasteiger partial charge in [0.2, 0.25) is 11.8 Å². The van der Waals surface area contributed by atoms with Crippen LogP contribution in [0.4, 0.5) is 5.69 Å². The van der Waals surface area contributed by atoms with Crippen molar-refractivity contribution < 1.29 is 19.1 Å². The molecule has 3 aromatic rings. The van der Waals surface area contributed by atoms with Gasteiger partial charge in [0.25, 0.3) is 5.91 Å². The van der Waals surface area contributed by atoms with E-state index in [1.54, 1.807) is 29.2 Å². The van der Waals surface area contributed by atoms with Crippen LogP contribution in [-0.4, -0.2) is 52.0 Å². The van der Waals surface area contributed by atoms with Gasteiger partial charge in [-0.05, 0) is 86.4 Å². The molecule has 8 nitrogen and oxygen atoms in total. The van der Waals surface area contributed by atoms with Crippen molar-refractivity contribution in [2.45, 2.75) is 87.7 Å². The number of ether oxygens (including phenoxy) is 1. The molecule has 1 saturated heterocycles. The summed E-state index contributed by atoms with van der Waals surface area (Å²) >= 11 is 1.26. The van der Waals surface area contributed by atoms with E-state index in [1.165, 1.54) is 22.2 Å². The molecule has 3 amide bonds. The lowest BCUT2D eigenvalue weighted by Crippen LogP contribution is -2.52. The SMILES string of the molecule is CCOc1ccc(N2C(=O)CC(N(C(=O)CSc3nc4c(cc3C#N)CC(c3ccccc3)CC4)C3CCCCC3)C2=O)cc1. The smallest absolute Gasteiger partial charge is 0.257 e. The van der Waals surface area contributed by atoms with Gasteiger partial charge in [-0.2, -0.15) is 5.26 Å². The second kappa shape index (κ2) is 13.9. The Morgan fingerprint density at radius 1 is 1.04 bits per heavy atom. The molecule has 9 heteroatoms. The Kier molecular flexibility index (Phi) is 9.50. The molecule has 1 saturated carbocycles. The van der Waals surface area contributed by atoms with Crippen molar-refractivity contribution in [1.82, 2.24) is 9.88 Å². The topological polar surface area (TPSA) is 104 Å². The number of carbonyl (C=O) groups is 3. The molecule has 3 aliphatic rings. The maximum Gasteiger partial charge on any atom is 0.257 e. The Hall–Kier alpha value is -4.16. The Balaban J connectivity index is 1.19. The molecule has 2 aliphatic carbocycles. The van der Waals surface area contributed by atoms with E-state index in [9.17, 15) is 19.6 Å². The van der Waals surface area contributed by atoms with E-state index in [1.807, 2.05) is 19.1 Å². The summed E-state index contributed by atoms with van der Waals surface area (Å²) in [5.74, 6) is 0.226. The summed E-state index contributed by atoms with van der Waals surface area (Å²) in [5.41, 5.74) is 4.33. The van der Waals surface area contributed by atoms with Crippen LogP contribution in [0.5, 0.6) is 5.75 Å². The van der Waals surface area contributed by atoms with E-state index in [2.05, 4.69) is 30.3 Å². The van der Waals surface area contributed by atoms with Gasteiger partial charge < -0.3 is 9.64 Å². The van der Waals surface area contributed by atoms with Crippen LogP contribution < -0.4 is 9.64 Å². The fourth-order valence-electron chi connectivity index (χ4n) is 7.00. The molecular formula is C36H38N4O4S. The summed E-state index contributed by atoms with van der Waals surface area (Å²) in [5, 5.41) is 10.6. The zero-order valence-corrected chi connectivity index (χ0v) is 26.4. The van der Waals surface area contributed by atoms with E-state index in [0.717, 1.165) is 62.6 Å². The van der Waals surface area contributed by atoms with Crippen molar-refractivity contribution in [2.24, 2.45) is 0 Å². The first-order valence-corrected chi connectivity index (χ1v) is 17.0. The largest absolute Gasteiger partial charge is 0.494 e. The van der Waals surface area contributed by atoms with Crippen LogP contribution in [0.1, 0.15) is 80.2 Å². The fraction of sp³-hybridized carbons (Fsp3) is 0.417. The molecule has 2 fully saturated rings. The average molecular weight is 623 g/mol. The number of carbonyl (C=O) groups excluding carboxylic acids is 3. The Morgan fingerprint density at radius 3 is 2.51 bits per heavy atom. The number of amides is 3. The van der Waals surface area contributed by atoms with Crippen LogP contribution in [0.15, 0.2) is 65.7 Å². The second-order valence-electron chi connectivity index (χ2n) is 12.0. The number of anilines is 1. The van der Waals surface area contributed by atoms with Crippen LogP contribution >= 0.6 is 11.8 Å². The number of hydrogen-bond donors (Lipinski definition) is 0. The lowest BCUT2D eigenvalue weighted by molar-refractivity contribution is -0.139. The zero-order valence-electron chi connectivity index (χ0n) is 25.6. The number of hydrogen-bond acceptors (Lipinski definition) is 7. The van der Waals surface area contributed by atoms with Crippen molar-refractivity contribution in [2.75, 3.05) is 17.3 Å². The lowest BCUT2D eigenvalue weighted by Gasteiger charge is -2.37. The number of pyridine rings is 1. The number of imide groups is 1. The molecule has 0 spiro atoms. The summed E-state index contributed by atoms with van der Waals surface area (Å²) in [4.78, 5) is 48.8. The van der Waals surface area contributed by atoms with Crippen molar-refractivity contribution in [3.8, 4) is 11.8 Å². The Bertz CT molecular complexity index is 1600. The number of fused-ring (bicyclic) bond motifs is 1. The van der Waals surface area contributed by atoms with Crippen molar-refractivity contribution >= 4 is 35.2 Å². The molecule has 6 rings (SSSR count). The van der Waals surface area contributed by atoms with Crippen LogP contribution in [0, 0.1) is 11.3 Å². The van der Waals surface area contributed by atoms with Gasteiger partial charge in [-0.25, -0.2) is 9.88 Å². The third-order valence-electron chi connectivity index (χ3n) is 9.20. The number of nitrogens with zero attached hydrogens (tertiary/aromatic N) is 4. The number of aromatic nitrogens is 1. The summed E-state index contributed by atoms with van der Waals surface area (Å²) in [7, 11) is 0.